The Balaban J connectivity index is 2.36. The topological polar surface area (TPSA) is 15.3 Å². The van der Waals surface area contributed by atoms with Crippen LogP contribution in [0.1, 0.15) is 34.1 Å². The Morgan fingerprint density at radius 1 is 1.38 bits per heavy atom. The van der Waals surface area contributed by atoms with Crippen molar-refractivity contribution in [3.63, 3.8) is 0 Å². The molecular formula is C11H24N2. The van der Waals surface area contributed by atoms with Crippen LogP contribution >= 0.6 is 0 Å². The number of hydrogen-bond donors (Lipinski definition) is 1. The molecule has 1 fully saturated rings. The number of hydrogen-bond acceptors (Lipinski definition) is 2. The summed E-state index contributed by atoms with van der Waals surface area (Å²) < 4.78 is 0. The molecule has 0 amide bonds. The minimum absolute atomic E-state index is 0.417. The molecule has 0 saturated carbocycles. The summed E-state index contributed by atoms with van der Waals surface area (Å²) in [6.45, 7) is 11.5. The zero-order valence-corrected chi connectivity index (χ0v) is 9.72. The second kappa shape index (κ2) is 3.97. The first-order valence-corrected chi connectivity index (χ1v) is 5.32. The van der Waals surface area contributed by atoms with Gasteiger partial charge in [0, 0.05) is 25.2 Å². The third-order valence-corrected chi connectivity index (χ3v) is 2.67. The minimum Gasteiger partial charge on any atom is -0.313 e. The van der Waals surface area contributed by atoms with E-state index in [1.54, 1.807) is 0 Å². The molecule has 0 aromatic carbocycles. The first-order chi connectivity index (χ1) is 5.88. The van der Waals surface area contributed by atoms with Crippen molar-refractivity contribution in [3.05, 3.63) is 0 Å². The van der Waals surface area contributed by atoms with Crippen molar-refractivity contribution in [1.29, 1.82) is 0 Å². The molecule has 0 bridgehead atoms. The van der Waals surface area contributed by atoms with E-state index in [4.69, 9.17) is 0 Å². The lowest BCUT2D eigenvalue weighted by atomic mass is 9.95. The zero-order chi connectivity index (χ0) is 10.1. The summed E-state index contributed by atoms with van der Waals surface area (Å²) in [5.74, 6) is 0. The van der Waals surface area contributed by atoms with Crippen LogP contribution in [0.3, 0.4) is 0 Å². The van der Waals surface area contributed by atoms with E-state index >= 15 is 0 Å². The van der Waals surface area contributed by atoms with Gasteiger partial charge in [-0.2, -0.15) is 0 Å². The highest BCUT2D eigenvalue weighted by Crippen LogP contribution is 2.19. The molecule has 1 aliphatic heterocycles. The van der Waals surface area contributed by atoms with E-state index in [0.29, 0.717) is 11.5 Å². The maximum Gasteiger partial charge on any atom is 0.0232 e. The molecule has 1 aliphatic rings. The molecular weight excluding hydrogens is 160 g/mol. The predicted octanol–water partition coefficient (Wildman–Crippen LogP) is 1.71. The SMILES string of the molecule is CC1CC(N(C)CC(C)(C)C)CN1. The number of nitrogens with zero attached hydrogens (tertiary/aromatic N) is 1. The van der Waals surface area contributed by atoms with Crippen LogP contribution in [0, 0.1) is 5.41 Å². The number of nitrogens with one attached hydrogen (secondary N) is 1. The lowest BCUT2D eigenvalue weighted by Gasteiger charge is -2.30. The average molecular weight is 184 g/mol. The van der Waals surface area contributed by atoms with Crippen LogP contribution in [0.5, 0.6) is 0 Å². The van der Waals surface area contributed by atoms with Crippen molar-refractivity contribution in [2.75, 3.05) is 20.1 Å². The molecule has 0 aromatic rings. The van der Waals surface area contributed by atoms with E-state index in [9.17, 15) is 0 Å². The average Bonchev–Trinajstić information content (AvgIpc) is 2.31. The molecule has 13 heavy (non-hydrogen) atoms. The smallest absolute Gasteiger partial charge is 0.0232 e. The lowest BCUT2D eigenvalue weighted by Crippen LogP contribution is -2.38. The van der Waals surface area contributed by atoms with Crippen molar-refractivity contribution < 1.29 is 0 Å². The van der Waals surface area contributed by atoms with Crippen molar-refractivity contribution >= 4 is 0 Å². The van der Waals surface area contributed by atoms with Crippen LogP contribution in [-0.2, 0) is 0 Å². The van der Waals surface area contributed by atoms with Gasteiger partial charge in [-0.15, -0.1) is 0 Å². The Labute approximate surface area is 82.7 Å². The van der Waals surface area contributed by atoms with E-state index < -0.39 is 0 Å². The van der Waals surface area contributed by atoms with Gasteiger partial charge in [-0.25, -0.2) is 0 Å². The molecule has 1 rings (SSSR count). The van der Waals surface area contributed by atoms with Crippen LogP contribution in [0.4, 0.5) is 0 Å². The van der Waals surface area contributed by atoms with Gasteiger partial charge >= 0.3 is 0 Å². The maximum atomic E-state index is 3.49. The summed E-state index contributed by atoms with van der Waals surface area (Å²) >= 11 is 0. The van der Waals surface area contributed by atoms with E-state index in [0.717, 1.165) is 12.6 Å². The standard InChI is InChI=1S/C11H24N2/c1-9-6-10(7-12-9)13(5)8-11(2,3)4/h9-10,12H,6-8H2,1-5H3. The van der Waals surface area contributed by atoms with Crippen molar-refractivity contribution in [2.45, 2.75) is 46.2 Å². The second-order valence-electron chi connectivity index (χ2n) is 5.67. The molecule has 0 aliphatic carbocycles. The van der Waals surface area contributed by atoms with Gasteiger partial charge in [-0.05, 0) is 25.8 Å². The second-order valence-corrected chi connectivity index (χ2v) is 5.67. The summed E-state index contributed by atoms with van der Waals surface area (Å²) in [4.78, 5) is 2.50. The Kier molecular flexibility index (Phi) is 3.36. The van der Waals surface area contributed by atoms with E-state index in [-0.39, 0.29) is 0 Å². The van der Waals surface area contributed by atoms with Crippen molar-refractivity contribution in [2.24, 2.45) is 5.41 Å². The summed E-state index contributed by atoms with van der Waals surface area (Å²) in [6.07, 6.45) is 1.30. The van der Waals surface area contributed by atoms with E-state index in [1.165, 1.54) is 13.0 Å². The molecule has 1 heterocycles. The van der Waals surface area contributed by atoms with Crippen LogP contribution in [0.25, 0.3) is 0 Å². The fourth-order valence-electron chi connectivity index (χ4n) is 2.13. The molecule has 78 valence electrons. The third-order valence-electron chi connectivity index (χ3n) is 2.67. The van der Waals surface area contributed by atoms with Gasteiger partial charge < -0.3 is 10.2 Å². The fraction of sp³-hybridized carbons (Fsp3) is 1.00. The molecule has 2 unspecified atom stereocenters. The van der Waals surface area contributed by atoms with Crippen LogP contribution in [-0.4, -0.2) is 37.1 Å². The molecule has 1 saturated heterocycles. The first-order valence-electron chi connectivity index (χ1n) is 5.32. The summed E-state index contributed by atoms with van der Waals surface area (Å²) in [7, 11) is 2.25. The predicted molar refractivity (Wildman–Crippen MR) is 58.0 cm³/mol. The third kappa shape index (κ3) is 3.65. The Bertz CT molecular complexity index is 160. The van der Waals surface area contributed by atoms with Gasteiger partial charge in [-0.1, -0.05) is 20.8 Å². The zero-order valence-electron chi connectivity index (χ0n) is 9.72. The molecule has 2 nitrogen and oxygen atoms in total. The lowest BCUT2D eigenvalue weighted by molar-refractivity contribution is 0.179. The maximum absolute atomic E-state index is 3.49. The Morgan fingerprint density at radius 3 is 2.38 bits per heavy atom. The van der Waals surface area contributed by atoms with Gasteiger partial charge in [0.1, 0.15) is 0 Å². The van der Waals surface area contributed by atoms with Gasteiger partial charge in [-0.3, -0.25) is 0 Å². The van der Waals surface area contributed by atoms with Gasteiger partial charge in [0.05, 0.1) is 0 Å². The van der Waals surface area contributed by atoms with Crippen LogP contribution < -0.4 is 5.32 Å². The molecule has 2 atom stereocenters. The molecule has 0 aromatic heterocycles. The summed E-state index contributed by atoms with van der Waals surface area (Å²) in [5, 5.41) is 3.49. The minimum atomic E-state index is 0.417. The molecule has 1 N–H and O–H groups in total. The Hall–Kier alpha value is -0.0800. The monoisotopic (exact) mass is 184 g/mol. The quantitative estimate of drug-likeness (QED) is 0.703. The Morgan fingerprint density at radius 2 is 2.00 bits per heavy atom. The van der Waals surface area contributed by atoms with Crippen LogP contribution in [0.15, 0.2) is 0 Å². The van der Waals surface area contributed by atoms with Crippen molar-refractivity contribution in [1.82, 2.24) is 10.2 Å². The molecule has 2 heteroatoms. The number of rotatable bonds is 2. The van der Waals surface area contributed by atoms with E-state index in [2.05, 4.69) is 45.0 Å². The fourth-order valence-corrected chi connectivity index (χ4v) is 2.13. The van der Waals surface area contributed by atoms with Gasteiger partial charge in [0.15, 0.2) is 0 Å². The highest BCUT2D eigenvalue weighted by molar-refractivity contribution is 4.85. The molecule has 0 spiro atoms. The highest BCUT2D eigenvalue weighted by atomic mass is 15.2. The van der Waals surface area contributed by atoms with E-state index in [1.807, 2.05) is 0 Å². The van der Waals surface area contributed by atoms with Gasteiger partial charge in [0.2, 0.25) is 0 Å². The first kappa shape index (κ1) is 11.0. The number of likely N-dealkylation sites (N-methyl/N-ethyl adjacent to an activating group) is 1. The van der Waals surface area contributed by atoms with Gasteiger partial charge in [0.25, 0.3) is 0 Å². The highest BCUT2D eigenvalue weighted by Gasteiger charge is 2.26. The normalized spacial score (nSPS) is 30.0. The molecule has 0 radical (unpaired) electrons. The van der Waals surface area contributed by atoms with Crippen LogP contribution in [0.2, 0.25) is 0 Å². The van der Waals surface area contributed by atoms with Crippen molar-refractivity contribution in [3.8, 4) is 0 Å². The largest absolute Gasteiger partial charge is 0.313 e. The summed E-state index contributed by atoms with van der Waals surface area (Å²) in [5.41, 5.74) is 0.417. The summed E-state index contributed by atoms with van der Waals surface area (Å²) in [6, 6.07) is 1.45.